The number of ether oxygens (including phenoxy) is 1. The Morgan fingerprint density at radius 2 is 1.45 bits per heavy atom. The summed E-state index contributed by atoms with van der Waals surface area (Å²) in [7, 11) is 0. The monoisotopic (exact) mass is 280 g/mol. The second-order valence-corrected chi connectivity index (χ2v) is 4.70. The molecule has 1 rings (SSSR count). The Morgan fingerprint density at radius 1 is 0.950 bits per heavy atom. The SMILES string of the molecule is CCCCCOCCCCC.O=C(O)c1ccccc1. The normalized spacial score (nSPS) is 9.70. The second kappa shape index (κ2) is 14.1. The summed E-state index contributed by atoms with van der Waals surface area (Å²) in [6.45, 7) is 6.38. The van der Waals surface area contributed by atoms with Crippen LogP contribution in [0.3, 0.4) is 0 Å². The van der Waals surface area contributed by atoms with E-state index in [-0.39, 0.29) is 0 Å². The minimum Gasteiger partial charge on any atom is -0.478 e. The van der Waals surface area contributed by atoms with Gasteiger partial charge in [-0.2, -0.15) is 0 Å². The summed E-state index contributed by atoms with van der Waals surface area (Å²) < 4.78 is 5.44. The second-order valence-electron chi connectivity index (χ2n) is 4.70. The molecular weight excluding hydrogens is 252 g/mol. The lowest BCUT2D eigenvalue weighted by Gasteiger charge is -2.01. The van der Waals surface area contributed by atoms with E-state index >= 15 is 0 Å². The quantitative estimate of drug-likeness (QED) is 0.663. The lowest BCUT2D eigenvalue weighted by Crippen LogP contribution is -1.96. The van der Waals surface area contributed by atoms with Crippen LogP contribution in [0.25, 0.3) is 0 Å². The van der Waals surface area contributed by atoms with E-state index in [0.29, 0.717) is 5.56 Å². The molecule has 0 atom stereocenters. The van der Waals surface area contributed by atoms with E-state index in [1.54, 1.807) is 30.3 Å². The molecule has 1 aromatic carbocycles. The fraction of sp³-hybridized carbons (Fsp3) is 0.588. The number of aromatic carboxylic acids is 1. The lowest BCUT2D eigenvalue weighted by molar-refractivity contribution is 0.0697. The van der Waals surface area contributed by atoms with Crippen molar-refractivity contribution in [2.24, 2.45) is 0 Å². The molecule has 0 aliphatic rings. The fourth-order valence-electron chi connectivity index (χ4n) is 1.59. The van der Waals surface area contributed by atoms with E-state index in [4.69, 9.17) is 9.84 Å². The van der Waals surface area contributed by atoms with Gasteiger partial charge < -0.3 is 9.84 Å². The van der Waals surface area contributed by atoms with Gasteiger partial charge in [0.2, 0.25) is 0 Å². The third-order valence-corrected chi connectivity index (χ3v) is 2.81. The Bertz CT molecular complexity index is 314. The number of carboxylic acid groups (broad SMARTS) is 1. The van der Waals surface area contributed by atoms with Crippen LogP contribution in [0.2, 0.25) is 0 Å². The fourth-order valence-corrected chi connectivity index (χ4v) is 1.59. The molecule has 0 saturated heterocycles. The Labute approximate surface area is 123 Å². The molecule has 0 saturated carbocycles. The van der Waals surface area contributed by atoms with E-state index in [1.165, 1.54) is 38.5 Å². The zero-order chi connectivity index (χ0) is 15.1. The first-order valence-corrected chi connectivity index (χ1v) is 7.58. The molecule has 3 heteroatoms. The predicted octanol–water partition coefficient (Wildman–Crippen LogP) is 4.77. The molecule has 0 heterocycles. The summed E-state index contributed by atoms with van der Waals surface area (Å²) in [5, 5.41) is 8.38. The molecule has 0 bridgehead atoms. The Hall–Kier alpha value is -1.35. The molecule has 3 nitrogen and oxygen atoms in total. The number of carbonyl (C=O) groups is 1. The van der Waals surface area contributed by atoms with Crippen LogP contribution in [-0.2, 0) is 4.74 Å². The first kappa shape index (κ1) is 18.7. The summed E-state index contributed by atoms with van der Waals surface area (Å²) in [6.07, 6.45) is 7.68. The Balaban J connectivity index is 0.000000367. The molecule has 1 aromatic rings. The van der Waals surface area contributed by atoms with Crippen molar-refractivity contribution >= 4 is 5.97 Å². The van der Waals surface area contributed by atoms with Crippen molar-refractivity contribution in [3.63, 3.8) is 0 Å². The lowest BCUT2D eigenvalue weighted by atomic mass is 10.2. The van der Waals surface area contributed by atoms with Crippen molar-refractivity contribution in [1.82, 2.24) is 0 Å². The highest BCUT2D eigenvalue weighted by atomic mass is 16.5. The van der Waals surface area contributed by atoms with Crippen LogP contribution >= 0.6 is 0 Å². The van der Waals surface area contributed by atoms with E-state index in [0.717, 1.165) is 13.2 Å². The third-order valence-electron chi connectivity index (χ3n) is 2.81. The average molecular weight is 280 g/mol. The highest BCUT2D eigenvalue weighted by Crippen LogP contribution is 1.97. The van der Waals surface area contributed by atoms with Crippen LogP contribution in [0.15, 0.2) is 30.3 Å². The zero-order valence-electron chi connectivity index (χ0n) is 12.8. The molecule has 20 heavy (non-hydrogen) atoms. The maximum absolute atomic E-state index is 10.2. The largest absolute Gasteiger partial charge is 0.478 e. The molecule has 1 N–H and O–H groups in total. The number of carboxylic acids is 1. The molecule has 114 valence electrons. The van der Waals surface area contributed by atoms with Crippen LogP contribution in [-0.4, -0.2) is 24.3 Å². The van der Waals surface area contributed by atoms with Crippen LogP contribution in [0.1, 0.15) is 62.7 Å². The topological polar surface area (TPSA) is 46.5 Å². The summed E-state index contributed by atoms with van der Waals surface area (Å²) in [5.74, 6) is -0.879. The van der Waals surface area contributed by atoms with Crippen LogP contribution in [0.5, 0.6) is 0 Å². The number of rotatable bonds is 9. The summed E-state index contributed by atoms with van der Waals surface area (Å²) in [5.41, 5.74) is 0.331. The van der Waals surface area contributed by atoms with Crippen molar-refractivity contribution in [3.8, 4) is 0 Å². The van der Waals surface area contributed by atoms with Gasteiger partial charge in [0.15, 0.2) is 0 Å². The van der Waals surface area contributed by atoms with Crippen molar-refractivity contribution in [2.45, 2.75) is 52.4 Å². The van der Waals surface area contributed by atoms with Gasteiger partial charge in [0.05, 0.1) is 5.56 Å². The minimum atomic E-state index is -0.879. The molecule has 0 aliphatic carbocycles. The smallest absolute Gasteiger partial charge is 0.335 e. The minimum absolute atomic E-state index is 0.331. The first-order chi connectivity index (χ1) is 9.72. The molecule has 0 aromatic heterocycles. The molecule has 0 spiro atoms. The number of unbranched alkanes of at least 4 members (excludes halogenated alkanes) is 4. The van der Waals surface area contributed by atoms with E-state index < -0.39 is 5.97 Å². The highest BCUT2D eigenvalue weighted by molar-refractivity contribution is 5.87. The van der Waals surface area contributed by atoms with Gasteiger partial charge in [0.1, 0.15) is 0 Å². The van der Waals surface area contributed by atoms with Gasteiger partial charge >= 0.3 is 5.97 Å². The van der Waals surface area contributed by atoms with E-state index in [9.17, 15) is 4.79 Å². The maximum atomic E-state index is 10.2. The van der Waals surface area contributed by atoms with Gasteiger partial charge in [-0.25, -0.2) is 4.79 Å². The van der Waals surface area contributed by atoms with Gasteiger partial charge in [-0.15, -0.1) is 0 Å². The summed E-state index contributed by atoms with van der Waals surface area (Å²) in [6, 6.07) is 8.30. The van der Waals surface area contributed by atoms with Crippen LogP contribution in [0, 0.1) is 0 Å². The zero-order valence-corrected chi connectivity index (χ0v) is 12.8. The molecule has 0 unspecified atom stereocenters. The number of hydrogen-bond donors (Lipinski definition) is 1. The van der Waals surface area contributed by atoms with Gasteiger partial charge in [0.25, 0.3) is 0 Å². The first-order valence-electron chi connectivity index (χ1n) is 7.58. The maximum Gasteiger partial charge on any atom is 0.335 e. The predicted molar refractivity (Wildman–Crippen MR) is 83.3 cm³/mol. The van der Waals surface area contributed by atoms with E-state index in [1.807, 2.05) is 0 Å². The van der Waals surface area contributed by atoms with Crippen molar-refractivity contribution in [3.05, 3.63) is 35.9 Å². The van der Waals surface area contributed by atoms with Gasteiger partial charge in [-0.1, -0.05) is 57.7 Å². The Kier molecular flexibility index (Phi) is 13.1. The molecule has 0 radical (unpaired) electrons. The van der Waals surface area contributed by atoms with Gasteiger partial charge in [0, 0.05) is 13.2 Å². The summed E-state index contributed by atoms with van der Waals surface area (Å²) >= 11 is 0. The standard InChI is InChI=1S/C10H22O.C7H6O2/c1-3-5-7-9-11-10-8-6-4-2;8-7(9)6-4-2-1-3-5-6/h3-10H2,1-2H3;1-5H,(H,8,9). The van der Waals surface area contributed by atoms with Gasteiger partial charge in [-0.05, 0) is 25.0 Å². The highest BCUT2D eigenvalue weighted by Gasteiger charge is 1.96. The van der Waals surface area contributed by atoms with Crippen molar-refractivity contribution in [2.75, 3.05) is 13.2 Å². The molecule has 0 fully saturated rings. The van der Waals surface area contributed by atoms with E-state index in [2.05, 4.69) is 13.8 Å². The number of hydrogen-bond acceptors (Lipinski definition) is 2. The van der Waals surface area contributed by atoms with Crippen molar-refractivity contribution < 1.29 is 14.6 Å². The molecule has 0 aliphatic heterocycles. The molecular formula is C17H28O3. The van der Waals surface area contributed by atoms with Gasteiger partial charge in [-0.3, -0.25) is 0 Å². The van der Waals surface area contributed by atoms with Crippen molar-refractivity contribution in [1.29, 1.82) is 0 Å². The molecule has 0 amide bonds. The Morgan fingerprint density at radius 3 is 1.80 bits per heavy atom. The third kappa shape index (κ3) is 11.7. The van der Waals surface area contributed by atoms with Crippen LogP contribution < -0.4 is 0 Å². The average Bonchev–Trinajstić information content (AvgIpc) is 2.48. The van der Waals surface area contributed by atoms with Crippen LogP contribution in [0.4, 0.5) is 0 Å². The summed E-state index contributed by atoms with van der Waals surface area (Å²) in [4.78, 5) is 10.2. The number of benzene rings is 1.